The summed E-state index contributed by atoms with van der Waals surface area (Å²) < 4.78 is 0. The minimum absolute atomic E-state index is 0.105. The number of fused-ring (bicyclic) bond motifs is 1. The van der Waals surface area contributed by atoms with E-state index in [0.29, 0.717) is 18.4 Å². The quantitative estimate of drug-likeness (QED) is 0.860. The molecule has 27 heavy (non-hydrogen) atoms. The highest BCUT2D eigenvalue weighted by Crippen LogP contribution is 2.16. The number of aromatic nitrogens is 1. The van der Waals surface area contributed by atoms with Crippen molar-refractivity contribution < 1.29 is 9.59 Å². The molecule has 1 aromatic heterocycles. The molecule has 0 bridgehead atoms. The molecule has 5 nitrogen and oxygen atoms in total. The molecule has 138 valence electrons. The molecule has 5 heteroatoms. The van der Waals surface area contributed by atoms with E-state index in [1.54, 1.807) is 6.20 Å². The first-order valence-corrected chi connectivity index (χ1v) is 8.93. The van der Waals surface area contributed by atoms with Gasteiger partial charge in [0.25, 0.3) is 5.91 Å². The van der Waals surface area contributed by atoms with Crippen LogP contribution in [0, 0.1) is 6.92 Å². The van der Waals surface area contributed by atoms with Crippen LogP contribution in [0.3, 0.4) is 0 Å². The maximum absolute atomic E-state index is 12.8. The van der Waals surface area contributed by atoms with Crippen molar-refractivity contribution in [1.29, 1.82) is 0 Å². The van der Waals surface area contributed by atoms with E-state index in [9.17, 15) is 9.59 Å². The predicted molar refractivity (Wildman–Crippen MR) is 106 cm³/mol. The van der Waals surface area contributed by atoms with Crippen LogP contribution in [-0.2, 0) is 9.59 Å². The number of amides is 2. The summed E-state index contributed by atoms with van der Waals surface area (Å²) in [5.74, 6) is -0.235. The average Bonchev–Trinajstić information content (AvgIpc) is 2.94. The van der Waals surface area contributed by atoms with Gasteiger partial charge in [-0.25, -0.2) is 0 Å². The largest absolute Gasteiger partial charge is 0.330 e. The van der Waals surface area contributed by atoms with E-state index in [-0.39, 0.29) is 11.8 Å². The van der Waals surface area contributed by atoms with E-state index in [4.69, 9.17) is 0 Å². The van der Waals surface area contributed by atoms with Gasteiger partial charge in [0.2, 0.25) is 5.91 Å². The van der Waals surface area contributed by atoms with Crippen molar-refractivity contribution in [2.75, 3.05) is 0 Å². The monoisotopic (exact) mass is 361 g/mol. The molecule has 0 fully saturated rings. The van der Waals surface area contributed by atoms with Gasteiger partial charge in [0.15, 0.2) is 0 Å². The summed E-state index contributed by atoms with van der Waals surface area (Å²) in [5, 5.41) is 7.75. The summed E-state index contributed by atoms with van der Waals surface area (Å²) in [6.45, 7) is 5.46. The summed E-state index contributed by atoms with van der Waals surface area (Å²) in [4.78, 5) is 28.4. The first-order valence-electron chi connectivity index (χ1n) is 8.93. The van der Waals surface area contributed by atoms with E-state index < -0.39 is 0 Å². The van der Waals surface area contributed by atoms with Crippen LogP contribution in [0.1, 0.15) is 32.3 Å². The number of rotatable bonds is 3. The Kier molecular flexibility index (Phi) is 5.50. The molecule has 0 aromatic carbocycles. The topological polar surface area (TPSA) is 71.1 Å². The fourth-order valence-electron chi connectivity index (χ4n) is 3.04. The van der Waals surface area contributed by atoms with Gasteiger partial charge in [-0.1, -0.05) is 24.3 Å². The number of carbonyl (C=O) groups excluding carboxylic acids is 2. The second kappa shape index (κ2) is 7.99. The van der Waals surface area contributed by atoms with Gasteiger partial charge in [0, 0.05) is 36.5 Å². The maximum Gasteiger partial charge on any atom is 0.251 e. The Morgan fingerprint density at radius 2 is 1.81 bits per heavy atom. The number of nitrogens with zero attached hydrogens (tertiary/aromatic N) is 1. The molecule has 2 aliphatic rings. The van der Waals surface area contributed by atoms with Crippen LogP contribution < -0.4 is 21.2 Å². The van der Waals surface area contributed by atoms with Gasteiger partial charge in [0.1, 0.15) is 0 Å². The van der Waals surface area contributed by atoms with Crippen molar-refractivity contribution in [3.63, 3.8) is 0 Å². The number of carbonyl (C=O) groups is 2. The van der Waals surface area contributed by atoms with Crippen LogP contribution in [0.25, 0.3) is 12.2 Å². The average molecular weight is 361 g/mol. The summed E-state index contributed by atoms with van der Waals surface area (Å²) in [6.07, 6.45) is 14.3. The van der Waals surface area contributed by atoms with Crippen LogP contribution in [-0.4, -0.2) is 16.8 Å². The second-order valence-corrected chi connectivity index (χ2v) is 6.69. The number of aryl methyl sites for hydroxylation is 1. The summed E-state index contributed by atoms with van der Waals surface area (Å²) in [6, 6.07) is 1.97. The molecule has 0 spiro atoms. The first kappa shape index (κ1) is 18.6. The Balaban J connectivity index is 1.77. The highest BCUT2D eigenvalue weighted by Gasteiger charge is 2.13. The van der Waals surface area contributed by atoms with E-state index in [2.05, 4.69) is 15.6 Å². The van der Waals surface area contributed by atoms with Crippen LogP contribution in [0.15, 0.2) is 59.1 Å². The third-order valence-corrected chi connectivity index (χ3v) is 4.57. The van der Waals surface area contributed by atoms with E-state index in [1.165, 1.54) is 6.92 Å². The van der Waals surface area contributed by atoms with Crippen LogP contribution in [0.2, 0.25) is 0 Å². The third kappa shape index (κ3) is 4.50. The lowest BCUT2D eigenvalue weighted by Gasteiger charge is -2.11. The molecule has 0 aliphatic heterocycles. The number of pyridine rings is 1. The predicted octanol–water partition coefficient (Wildman–Crippen LogP) is 1.65. The normalized spacial score (nSPS) is 16.0. The van der Waals surface area contributed by atoms with Crippen molar-refractivity contribution in [2.45, 2.75) is 33.6 Å². The number of hydrogen-bond acceptors (Lipinski definition) is 3. The van der Waals surface area contributed by atoms with Crippen molar-refractivity contribution in [2.24, 2.45) is 0 Å². The Hall–Kier alpha value is -3.21. The number of hydrogen-bond donors (Lipinski definition) is 2. The van der Waals surface area contributed by atoms with Gasteiger partial charge in [-0.2, -0.15) is 0 Å². The zero-order chi connectivity index (χ0) is 19.4. The fourth-order valence-corrected chi connectivity index (χ4v) is 3.04. The Morgan fingerprint density at radius 1 is 1.00 bits per heavy atom. The van der Waals surface area contributed by atoms with Gasteiger partial charge < -0.3 is 10.6 Å². The van der Waals surface area contributed by atoms with E-state index in [0.717, 1.165) is 33.1 Å². The zero-order valence-electron chi connectivity index (χ0n) is 15.8. The molecule has 0 radical (unpaired) electrons. The molecular formula is C22H23N3O2. The maximum atomic E-state index is 12.8. The lowest BCUT2D eigenvalue weighted by Crippen LogP contribution is -2.29. The molecule has 0 saturated heterocycles. The van der Waals surface area contributed by atoms with Crippen LogP contribution >= 0.6 is 0 Å². The summed E-state index contributed by atoms with van der Waals surface area (Å²) >= 11 is 0. The minimum Gasteiger partial charge on any atom is -0.330 e. The summed E-state index contributed by atoms with van der Waals surface area (Å²) in [5.41, 5.74) is 4.33. The number of allylic oxidation sites excluding steroid dienone is 5. The molecule has 2 aliphatic carbocycles. The van der Waals surface area contributed by atoms with Crippen molar-refractivity contribution in [3.8, 4) is 0 Å². The van der Waals surface area contributed by atoms with Gasteiger partial charge in [-0.3, -0.25) is 14.6 Å². The highest BCUT2D eigenvalue weighted by molar-refractivity contribution is 5.97. The van der Waals surface area contributed by atoms with E-state index in [1.807, 2.05) is 56.4 Å². The number of nitrogens with one attached hydrogen (secondary N) is 2. The third-order valence-electron chi connectivity index (χ3n) is 4.57. The second-order valence-electron chi connectivity index (χ2n) is 6.69. The highest BCUT2D eigenvalue weighted by atomic mass is 16.2. The lowest BCUT2D eigenvalue weighted by atomic mass is 10.1. The Bertz CT molecular complexity index is 1040. The molecule has 0 saturated carbocycles. The van der Waals surface area contributed by atoms with Crippen molar-refractivity contribution >= 4 is 24.0 Å². The smallest absolute Gasteiger partial charge is 0.251 e. The molecule has 0 unspecified atom stereocenters. The van der Waals surface area contributed by atoms with Gasteiger partial charge in [0.05, 0.1) is 5.35 Å². The Labute approximate surface area is 158 Å². The zero-order valence-corrected chi connectivity index (χ0v) is 15.8. The fraction of sp³-hybridized carbons (Fsp3) is 0.227. The Morgan fingerprint density at radius 3 is 2.59 bits per heavy atom. The van der Waals surface area contributed by atoms with Crippen molar-refractivity contribution in [3.05, 3.63) is 75.2 Å². The molecular weight excluding hydrogens is 338 g/mol. The van der Waals surface area contributed by atoms with Crippen LogP contribution in [0.5, 0.6) is 0 Å². The molecule has 3 rings (SSSR count). The first-order chi connectivity index (χ1) is 12.9. The summed E-state index contributed by atoms with van der Waals surface area (Å²) in [7, 11) is 0. The minimum atomic E-state index is -0.130. The molecule has 2 N–H and O–H groups in total. The van der Waals surface area contributed by atoms with Crippen molar-refractivity contribution in [1.82, 2.24) is 15.6 Å². The lowest BCUT2D eigenvalue weighted by molar-refractivity contribution is -0.118. The molecule has 1 heterocycles. The molecule has 2 amide bonds. The van der Waals surface area contributed by atoms with E-state index >= 15 is 0 Å². The van der Waals surface area contributed by atoms with Gasteiger partial charge in [-0.15, -0.1) is 0 Å². The van der Waals surface area contributed by atoms with Crippen LogP contribution in [0.4, 0.5) is 0 Å². The van der Waals surface area contributed by atoms with Gasteiger partial charge in [-0.05, 0) is 54.8 Å². The standard InChI is InChI=1S/C22H23N3O2/c1-14-12-13-23-21-10-6-17(5-9-19(14)21)22(27)25-20-11-8-18(24-16(3)26)7-4-15(20)2/h4,6-7,9-13H,5,8H2,1-3H3,(H,24,26)(H,25,27). The SMILES string of the molecule is CC(=O)NC1=CC=C(C)C(NC(=O)C2=CC=c3nccc(C)c3=CC2)=CC1. The molecule has 1 aromatic rings. The van der Waals surface area contributed by atoms with Gasteiger partial charge >= 0.3 is 0 Å². The molecule has 0 atom stereocenters.